The molecule has 0 saturated heterocycles. The quantitative estimate of drug-likeness (QED) is 0.674. The van der Waals surface area contributed by atoms with Gasteiger partial charge >= 0.3 is 11.9 Å². The van der Waals surface area contributed by atoms with Crippen molar-refractivity contribution in [2.24, 2.45) is 0 Å². The Balaban J connectivity index is 1.78. The highest BCUT2D eigenvalue weighted by Gasteiger charge is 2.05. The van der Waals surface area contributed by atoms with Gasteiger partial charge < -0.3 is 19.9 Å². The Morgan fingerprint density at radius 2 is 1.92 bits per heavy atom. The van der Waals surface area contributed by atoms with Crippen LogP contribution in [0.4, 0.5) is 5.82 Å². The van der Waals surface area contributed by atoms with Gasteiger partial charge in [-0.15, -0.1) is 0 Å². The van der Waals surface area contributed by atoms with Crippen molar-refractivity contribution in [1.82, 2.24) is 4.98 Å². The lowest BCUT2D eigenvalue weighted by molar-refractivity contribution is -0.145. The van der Waals surface area contributed by atoms with E-state index in [1.807, 2.05) is 12.1 Å². The van der Waals surface area contributed by atoms with E-state index in [0.717, 1.165) is 12.0 Å². The summed E-state index contributed by atoms with van der Waals surface area (Å²) in [5.74, 6) is -0.330. The van der Waals surface area contributed by atoms with Gasteiger partial charge in [-0.05, 0) is 43.2 Å². The minimum absolute atomic E-state index is 0.00750. The molecule has 7 heteroatoms. The van der Waals surface area contributed by atoms with Crippen LogP contribution in [-0.2, 0) is 16.0 Å². The maximum atomic E-state index is 11.2. The van der Waals surface area contributed by atoms with E-state index in [4.69, 9.17) is 14.6 Å². The van der Waals surface area contributed by atoms with Gasteiger partial charge in [-0.1, -0.05) is 18.2 Å². The Bertz CT molecular complexity index is 716. The number of hydrogen-bond donors (Lipinski definition) is 2. The number of aromatic carboxylic acids is 1. The number of hydrogen-bond acceptors (Lipinski definition) is 6. The molecule has 0 atom stereocenters. The first-order chi connectivity index (χ1) is 12.1. The van der Waals surface area contributed by atoms with Crippen molar-refractivity contribution in [3.05, 3.63) is 53.7 Å². The Hall–Kier alpha value is -3.09. The fourth-order valence-corrected chi connectivity index (χ4v) is 2.08. The van der Waals surface area contributed by atoms with Gasteiger partial charge in [0.1, 0.15) is 11.6 Å². The molecule has 25 heavy (non-hydrogen) atoms. The summed E-state index contributed by atoms with van der Waals surface area (Å²) in [7, 11) is 0. The van der Waals surface area contributed by atoms with Gasteiger partial charge in [0.2, 0.25) is 0 Å². The smallest absolute Gasteiger partial charge is 0.354 e. The lowest BCUT2D eigenvalue weighted by Gasteiger charge is -2.08. The Kier molecular flexibility index (Phi) is 6.76. The molecule has 0 saturated carbocycles. The van der Waals surface area contributed by atoms with E-state index >= 15 is 0 Å². The first kappa shape index (κ1) is 18.3. The maximum Gasteiger partial charge on any atom is 0.354 e. The van der Waals surface area contributed by atoms with Crippen LogP contribution in [0.5, 0.6) is 5.75 Å². The highest BCUT2D eigenvalue weighted by molar-refractivity contribution is 5.85. The van der Waals surface area contributed by atoms with Crippen molar-refractivity contribution in [3.8, 4) is 5.75 Å². The van der Waals surface area contributed by atoms with E-state index in [0.29, 0.717) is 24.7 Å². The van der Waals surface area contributed by atoms with Gasteiger partial charge in [-0.2, -0.15) is 0 Å². The van der Waals surface area contributed by atoms with Crippen LogP contribution in [0.3, 0.4) is 0 Å². The minimum atomic E-state index is -1.05. The van der Waals surface area contributed by atoms with E-state index in [1.165, 1.54) is 6.07 Å². The van der Waals surface area contributed by atoms with Gasteiger partial charge in [0.25, 0.3) is 0 Å². The molecule has 1 aromatic carbocycles. The monoisotopic (exact) mass is 344 g/mol. The molecule has 1 heterocycles. The zero-order chi connectivity index (χ0) is 18.1. The molecule has 0 aliphatic carbocycles. The molecule has 0 fully saturated rings. The van der Waals surface area contributed by atoms with E-state index in [2.05, 4.69) is 10.3 Å². The predicted octanol–water partition coefficient (Wildman–Crippen LogP) is 2.38. The molecular weight excluding hydrogens is 324 g/mol. The lowest BCUT2D eigenvalue weighted by atomic mass is 10.1. The van der Waals surface area contributed by atoms with Gasteiger partial charge in [-0.3, -0.25) is 0 Å². The highest BCUT2D eigenvalue weighted by atomic mass is 16.6. The first-order valence-corrected chi connectivity index (χ1v) is 7.90. The van der Waals surface area contributed by atoms with Crippen LogP contribution in [0, 0.1) is 0 Å². The molecule has 0 aliphatic rings. The van der Waals surface area contributed by atoms with Crippen LogP contribution >= 0.6 is 0 Å². The molecule has 2 aromatic rings. The van der Waals surface area contributed by atoms with Crippen LogP contribution in [0.25, 0.3) is 0 Å². The summed E-state index contributed by atoms with van der Waals surface area (Å²) in [5, 5.41) is 12.0. The molecule has 1 aromatic heterocycles. The van der Waals surface area contributed by atoms with Crippen LogP contribution in [0.1, 0.15) is 23.0 Å². The predicted molar refractivity (Wildman–Crippen MR) is 92.0 cm³/mol. The zero-order valence-electron chi connectivity index (χ0n) is 13.9. The van der Waals surface area contributed by atoms with Crippen LogP contribution in [-0.4, -0.2) is 41.8 Å². The van der Waals surface area contributed by atoms with E-state index in [-0.39, 0.29) is 12.3 Å². The van der Waals surface area contributed by atoms with E-state index in [1.54, 1.807) is 31.2 Å². The summed E-state index contributed by atoms with van der Waals surface area (Å²) in [6.07, 6.45) is 0.733. The van der Waals surface area contributed by atoms with Crippen LogP contribution < -0.4 is 10.1 Å². The van der Waals surface area contributed by atoms with Crippen molar-refractivity contribution < 1.29 is 24.2 Å². The number of nitrogens with one attached hydrogen (secondary N) is 1. The third-order valence-electron chi connectivity index (χ3n) is 3.27. The fourth-order valence-electron chi connectivity index (χ4n) is 2.08. The van der Waals surface area contributed by atoms with E-state index < -0.39 is 11.9 Å². The molecule has 0 spiro atoms. The molecule has 132 valence electrons. The largest absolute Gasteiger partial charge is 0.482 e. The van der Waals surface area contributed by atoms with Crippen molar-refractivity contribution in [2.45, 2.75) is 13.3 Å². The zero-order valence-corrected chi connectivity index (χ0v) is 13.9. The van der Waals surface area contributed by atoms with Crippen molar-refractivity contribution in [1.29, 1.82) is 0 Å². The molecule has 0 aliphatic heterocycles. The van der Waals surface area contributed by atoms with E-state index in [9.17, 15) is 9.59 Å². The molecule has 2 rings (SSSR count). The fraction of sp³-hybridized carbons (Fsp3) is 0.278. The van der Waals surface area contributed by atoms with Gasteiger partial charge in [0, 0.05) is 6.54 Å². The molecule has 0 unspecified atom stereocenters. The Morgan fingerprint density at radius 1 is 1.16 bits per heavy atom. The number of carbonyl (C=O) groups excluding carboxylic acids is 1. The van der Waals surface area contributed by atoms with Crippen molar-refractivity contribution >= 4 is 17.8 Å². The lowest BCUT2D eigenvalue weighted by Crippen LogP contribution is -2.14. The molecular formula is C18H20N2O5. The second-order valence-electron chi connectivity index (χ2n) is 5.13. The number of benzene rings is 1. The highest BCUT2D eigenvalue weighted by Crippen LogP contribution is 2.13. The minimum Gasteiger partial charge on any atom is -0.482 e. The van der Waals surface area contributed by atoms with Gasteiger partial charge in [-0.25, -0.2) is 14.6 Å². The summed E-state index contributed by atoms with van der Waals surface area (Å²) in [5.41, 5.74) is 1.08. The standard InChI is InChI=1S/C18H20N2O5/c1-2-24-17(21)12-25-14-8-6-13(7-9-14)10-11-19-16-5-3-4-15(20-16)18(22)23/h3-9H,2,10-12H2,1H3,(H,19,20)(H,22,23). The number of carbonyl (C=O) groups is 2. The molecule has 0 bridgehead atoms. The summed E-state index contributed by atoms with van der Waals surface area (Å²) in [4.78, 5) is 26.1. The number of pyridine rings is 1. The molecule has 7 nitrogen and oxygen atoms in total. The Morgan fingerprint density at radius 3 is 2.60 bits per heavy atom. The van der Waals surface area contributed by atoms with Gasteiger partial charge in [0.05, 0.1) is 6.61 Å². The number of nitrogens with zero attached hydrogens (tertiary/aromatic N) is 1. The number of aromatic nitrogens is 1. The topological polar surface area (TPSA) is 97.8 Å². The first-order valence-electron chi connectivity index (χ1n) is 7.90. The van der Waals surface area contributed by atoms with Crippen LogP contribution in [0.2, 0.25) is 0 Å². The summed E-state index contributed by atoms with van der Waals surface area (Å²) >= 11 is 0. The average Bonchev–Trinajstić information content (AvgIpc) is 2.61. The molecule has 0 amide bonds. The molecule has 2 N–H and O–H groups in total. The number of esters is 1. The summed E-state index contributed by atoms with van der Waals surface area (Å²) in [6.45, 7) is 2.58. The third kappa shape index (κ3) is 6.14. The average molecular weight is 344 g/mol. The van der Waals surface area contributed by atoms with Crippen molar-refractivity contribution in [2.75, 3.05) is 25.1 Å². The second kappa shape index (κ2) is 9.27. The molecule has 0 radical (unpaired) electrons. The second-order valence-corrected chi connectivity index (χ2v) is 5.13. The number of rotatable bonds is 9. The van der Waals surface area contributed by atoms with Crippen molar-refractivity contribution in [3.63, 3.8) is 0 Å². The number of anilines is 1. The Labute approximate surface area is 145 Å². The SMILES string of the molecule is CCOC(=O)COc1ccc(CCNc2cccc(C(=O)O)n2)cc1. The maximum absolute atomic E-state index is 11.2. The van der Waals surface area contributed by atoms with Gasteiger partial charge in [0.15, 0.2) is 12.3 Å². The number of ether oxygens (including phenoxy) is 2. The van der Waals surface area contributed by atoms with Crippen LogP contribution in [0.15, 0.2) is 42.5 Å². The summed E-state index contributed by atoms with van der Waals surface area (Å²) in [6, 6.07) is 12.2. The number of carboxylic acids is 1. The summed E-state index contributed by atoms with van der Waals surface area (Å²) < 4.78 is 10.1. The number of carboxylic acid groups (broad SMARTS) is 1. The normalized spacial score (nSPS) is 10.1. The third-order valence-corrected chi connectivity index (χ3v) is 3.27.